The number of carbonyl (C=O) groups excluding carboxylic acids is 2. The molecule has 3 aliphatic rings. The Hall–Kier alpha value is -2.70. The van der Waals surface area contributed by atoms with Crippen LogP contribution in [0.25, 0.3) is 0 Å². The topological polar surface area (TPSA) is 61.9 Å². The predicted molar refractivity (Wildman–Crippen MR) is 110 cm³/mol. The van der Waals surface area contributed by atoms with E-state index in [0.717, 1.165) is 24.2 Å². The van der Waals surface area contributed by atoms with Gasteiger partial charge in [-0.05, 0) is 36.1 Å². The molecule has 3 aliphatic heterocycles. The van der Waals surface area contributed by atoms with E-state index in [0.29, 0.717) is 26.3 Å². The lowest BCUT2D eigenvalue weighted by Crippen LogP contribution is -2.46. The van der Waals surface area contributed by atoms with Crippen molar-refractivity contribution in [1.29, 1.82) is 0 Å². The fraction of sp³-hybridized carbons (Fsp3) is 0.391. The van der Waals surface area contributed by atoms with Crippen LogP contribution in [0.1, 0.15) is 11.1 Å². The van der Waals surface area contributed by atoms with Crippen LogP contribution >= 0.6 is 0 Å². The number of hydrogen-bond donors (Lipinski definition) is 1. The molecular formula is C23H25N3O3. The molecule has 2 saturated heterocycles. The Morgan fingerprint density at radius 1 is 0.966 bits per heavy atom. The van der Waals surface area contributed by atoms with Gasteiger partial charge in [-0.25, -0.2) is 0 Å². The molecule has 2 fully saturated rings. The van der Waals surface area contributed by atoms with E-state index in [1.54, 1.807) is 0 Å². The molecule has 2 aromatic carbocycles. The highest BCUT2D eigenvalue weighted by Crippen LogP contribution is 2.36. The summed E-state index contributed by atoms with van der Waals surface area (Å²) in [6.45, 7) is 2.38. The first-order valence-electron chi connectivity index (χ1n) is 10.3. The van der Waals surface area contributed by atoms with Crippen LogP contribution in [0.3, 0.4) is 0 Å². The number of carbonyl (C=O) groups is 2. The van der Waals surface area contributed by atoms with Crippen LogP contribution in [-0.2, 0) is 27.2 Å². The Morgan fingerprint density at radius 2 is 1.62 bits per heavy atom. The summed E-state index contributed by atoms with van der Waals surface area (Å²) in [5.41, 5.74) is 4.31. The summed E-state index contributed by atoms with van der Waals surface area (Å²) in [5, 5.41) is 3.03. The van der Waals surface area contributed by atoms with Crippen molar-refractivity contribution in [3.63, 3.8) is 0 Å². The lowest BCUT2D eigenvalue weighted by atomic mass is 10.0. The van der Waals surface area contributed by atoms with Crippen LogP contribution in [-0.4, -0.2) is 55.6 Å². The third kappa shape index (κ3) is 3.54. The number of benzene rings is 2. The Bertz CT molecular complexity index is 897. The lowest BCUT2D eigenvalue weighted by molar-refractivity contribution is -0.126. The molecule has 2 aromatic rings. The van der Waals surface area contributed by atoms with Gasteiger partial charge in [-0.1, -0.05) is 36.4 Å². The number of hydrogen-bond acceptors (Lipinski definition) is 4. The number of amides is 2. The van der Waals surface area contributed by atoms with E-state index in [1.165, 1.54) is 11.1 Å². The summed E-state index contributed by atoms with van der Waals surface area (Å²) in [4.78, 5) is 29.9. The molecule has 2 bridgehead atoms. The van der Waals surface area contributed by atoms with Crippen LogP contribution < -0.4 is 10.2 Å². The molecule has 6 heteroatoms. The van der Waals surface area contributed by atoms with Gasteiger partial charge in [-0.2, -0.15) is 0 Å². The second kappa shape index (κ2) is 7.61. The molecule has 29 heavy (non-hydrogen) atoms. The summed E-state index contributed by atoms with van der Waals surface area (Å²) >= 11 is 0. The number of nitrogens with one attached hydrogen (secondary N) is 1. The highest BCUT2D eigenvalue weighted by Gasteiger charge is 2.35. The number of para-hydroxylation sites is 2. The van der Waals surface area contributed by atoms with Crippen molar-refractivity contribution in [2.45, 2.75) is 18.9 Å². The third-order valence-electron chi connectivity index (χ3n) is 6.05. The molecule has 0 spiro atoms. The highest BCUT2D eigenvalue weighted by atomic mass is 16.5. The van der Waals surface area contributed by atoms with E-state index in [2.05, 4.69) is 22.3 Å². The van der Waals surface area contributed by atoms with Crippen LogP contribution in [0, 0.1) is 5.92 Å². The minimum absolute atomic E-state index is 0.0351. The summed E-state index contributed by atoms with van der Waals surface area (Å²) < 4.78 is 5.61. The van der Waals surface area contributed by atoms with E-state index in [4.69, 9.17) is 4.74 Å². The molecule has 0 saturated carbocycles. The molecule has 3 heterocycles. The van der Waals surface area contributed by atoms with Gasteiger partial charge in [0.05, 0.1) is 43.1 Å². The van der Waals surface area contributed by atoms with Crippen molar-refractivity contribution in [2.24, 2.45) is 5.92 Å². The number of ether oxygens (including phenoxy) is 1. The second-order valence-corrected chi connectivity index (χ2v) is 8.12. The van der Waals surface area contributed by atoms with Crippen molar-refractivity contribution in [3.8, 4) is 0 Å². The van der Waals surface area contributed by atoms with E-state index in [9.17, 15) is 9.59 Å². The zero-order valence-corrected chi connectivity index (χ0v) is 16.3. The average molecular weight is 391 g/mol. The molecule has 0 radical (unpaired) electrons. The Labute approximate surface area is 170 Å². The van der Waals surface area contributed by atoms with Gasteiger partial charge in [-0.15, -0.1) is 0 Å². The molecule has 150 valence electrons. The molecule has 2 amide bonds. The van der Waals surface area contributed by atoms with Crippen molar-refractivity contribution < 1.29 is 14.3 Å². The van der Waals surface area contributed by atoms with Crippen LogP contribution in [0.5, 0.6) is 0 Å². The third-order valence-corrected chi connectivity index (χ3v) is 6.05. The van der Waals surface area contributed by atoms with Gasteiger partial charge >= 0.3 is 0 Å². The molecule has 0 aromatic heterocycles. The largest absolute Gasteiger partial charge is 0.378 e. The van der Waals surface area contributed by atoms with E-state index in [1.807, 2.05) is 41.3 Å². The van der Waals surface area contributed by atoms with Crippen molar-refractivity contribution in [3.05, 3.63) is 59.7 Å². The number of fused-ring (bicyclic) bond motifs is 5. The Kier molecular flexibility index (Phi) is 4.81. The monoisotopic (exact) mass is 391 g/mol. The normalized spacial score (nSPS) is 24.0. The van der Waals surface area contributed by atoms with Crippen molar-refractivity contribution >= 4 is 23.2 Å². The fourth-order valence-electron chi connectivity index (χ4n) is 4.66. The van der Waals surface area contributed by atoms with E-state index < -0.39 is 0 Å². The molecule has 6 nitrogen and oxygen atoms in total. The van der Waals surface area contributed by atoms with Crippen LogP contribution in [0.15, 0.2) is 48.5 Å². The van der Waals surface area contributed by atoms with Gasteiger partial charge in [0, 0.05) is 13.1 Å². The van der Waals surface area contributed by atoms with Gasteiger partial charge < -0.3 is 10.1 Å². The Balaban J connectivity index is 1.46. The van der Waals surface area contributed by atoms with Gasteiger partial charge in [0.15, 0.2) is 0 Å². The molecule has 1 N–H and O–H groups in total. The fourth-order valence-corrected chi connectivity index (χ4v) is 4.66. The average Bonchev–Trinajstić information content (AvgIpc) is 3.05. The maximum absolute atomic E-state index is 13.6. The summed E-state index contributed by atoms with van der Waals surface area (Å²) in [6, 6.07) is 16.3. The molecule has 2 atom stereocenters. The maximum Gasteiger partial charge on any atom is 0.245 e. The van der Waals surface area contributed by atoms with Crippen molar-refractivity contribution in [1.82, 2.24) is 10.2 Å². The quantitative estimate of drug-likeness (QED) is 0.849. The highest BCUT2D eigenvalue weighted by molar-refractivity contribution is 6.03. The smallest absolute Gasteiger partial charge is 0.245 e. The van der Waals surface area contributed by atoms with Crippen LogP contribution in [0.2, 0.25) is 0 Å². The SMILES string of the molecule is O=C1NC2COCC1CN(CC(=O)N1c3ccccc3CCc3ccccc31)C2. The lowest BCUT2D eigenvalue weighted by Gasteiger charge is -2.30. The zero-order chi connectivity index (χ0) is 19.8. The molecule has 5 rings (SSSR count). The van der Waals surface area contributed by atoms with Gasteiger partial charge in [0.25, 0.3) is 0 Å². The first-order chi connectivity index (χ1) is 14.2. The molecule has 0 aliphatic carbocycles. The molecule has 2 unspecified atom stereocenters. The van der Waals surface area contributed by atoms with Crippen molar-refractivity contribution in [2.75, 3.05) is 37.7 Å². The number of rotatable bonds is 2. The minimum atomic E-state index is -0.223. The second-order valence-electron chi connectivity index (χ2n) is 8.12. The van der Waals surface area contributed by atoms with Gasteiger partial charge in [0.2, 0.25) is 11.8 Å². The molecular weight excluding hydrogens is 366 g/mol. The minimum Gasteiger partial charge on any atom is -0.378 e. The summed E-state index contributed by atoms with van der Waals surface area (Å²) in [6.07, 6.45) is 1.83. The standard InChI is InChI=1S/C23H25N3O3/c27-22(13-25-11-18-14-29-15-19(12-25)24-23(18)28)26-20-7-3-1-5-16(20)9-10-17-6-2-4-8-21(17)26/h1-8,18-19H,9-15H2,(H,24,28). The van der Waals surface area contributed by atoms with E-state index in [-0.39, 0.29) is 30.3 Å². The first kappa shape index (κ1) is 18.3. The predicted octanol–water partition coefficient (Wildman–Crippen LogP) is 1.90. The van der Waals surface area contributed by atoms with Gasteiger partial charge in [0.1, 0.15) is 0 Å². The summed E-state index contributed by atoms with van der Waals surface area (Å²) in [7, 11) is 0. The first-order valence-corrected chi connectivity index (χ1v) is 10.3. The number of aryl methyl sites for hydroxylation is 2. The number of anilines is 2. The van der Waals surface area contributed by atoms with Gasteiger partial charge in [-0.3, -0.25) is 19.4 Å². The van der Waals surface area contributed by atoms with E-state index >= 15 is 0 Å². The summed E-state index contributed by atoms with van der Waals surface area (Å²) in [5.74, 6) is -0.146. The maximum atomic E-state index is 13.6. The number of nitrogens with zero attached hydrogens (tertiary/aromatic N) is 2. The van der Waals surface area contributed by atoms with Crippen LogP contribution in [0.4, 0.5) is 11.4 Å². The zero-order valence-electron chi connectivity index (χ0n) is 16.3. The Morgan fingerprint density at radius 3 is 2.31 bits per heavy atom.